The molecule has 4 rings (SSSR count). The minimum atomic E-state index is -0.650. The van der Waals surface area contributed by atoms with Crippen molar-refractivity contribution in [2.24, 2.45) is 0 Å². The highest BCUT2D eigenvalue weighted by atomic mass is 35.5. The number of fused-ring (bicyclic) bond motifs is 1. The van der Waals surface area contributed by atoms with Crippen molar-refractivity contribution in [3.05, 3.63) is 64.6 Å². The number of hydrogen-bond acceptors (Lipinski definition) is 6. The third-order valence-corrected chi connectivity index (χ3v) is 6.79. The van der Waals surface area contributed by atoms with Gasteiger partial charge in [-0.3, -0.25) is 19.1 Å². The Morgan fingerprint density at radius 1 is 1.18 bits per heavy atom. The van der Waals surface area contributed by atoms with E-state index in [1.807, 2.05) is 0 Å². The number of rotatable bonds is 9. The van der Waals surface area contributed by atoms with Gasteiger partial charge in [0.25, 0.3) is 0 Å². The summed E-state index contributed by atoms with van der Waals surface area (Å²) < 4.78 is 21.0. The Bertz CT molecular complexity index is 1430. The monoisotopic (exact) mass is 571 g/mol. The van der Waals surface area contributed by atoms with Crippen LogP contribution < -0.4 is 10.6 Å². The average molecular weight is 572 g/mol. The highest BCUT2D eigenvalue weighted by molar-refractivity contribution is 6.30. The van der Waals surface area contributed by atoms with Crippen LogP contribution in [0.5, 0.6) is 0 Å². The lowest BCUT2D eigenvalue weighted by Crippen LogP contribution is -2.58. The number of benzene rings is 2. The maximum absolute atomic E-state index is 14.3. The molecular weight excluding hydrogens is 541 g/mol. The van der Waals surface area contributed by atoms with Crippen molar-refractivity contribution in [2.45, 2.75) is 64.4 Å². The molecule has 2 N–H and O–H groups in total. The number of para-hydroxylation sites is 1. The van der Waals surface area contributed by atoms with E-state index in [0.717, 1.165) is 0 Å². The second kappa shape index (κ2) is 12.0. The summed E-state index contributed by atoms with van der Waals surface area (Å²) in [5.74, 6) is -1.50. The first-order valence-corrected chi connectivity index (χ1v) is 13.2. The van der Waals surface area contributed by atoms with Crippen LogP contribution in [0.15, 0.2) is 42.5 Å². The van der Waals surface area contributed by atoms with E-state index in [1.54, 1.807) is 51.1 Å². The molecule has 3 aromatic rings. The summed E-state index contributed by atoms with van der Waals surface area (Å²) in [4.78, 5) is 51.5. The van der Waals surface area contributed by atoms with Crippen LogP contribution in [0.4, 0.5) is 9.18 Å². The molecule has 12 heteroatoms. The molecule has 40 heavy (non-hydrogen) atoms. The minimum absolute atomic E-state index is 0.0531. The summed E-state index contributed by atoms with van der Waals surface area (Å²) in [5.41, 5.74) is 0.384. The number of ether oxygens (including phenoxy) is 1. The maximum Gasteiger partial charge on any atom is 0.407 e. The van der Waals surface area contributed by atoms with E-state index in [0.29, 0.717) is 30.0 Å². The number of alkyl carbamates (subject to hydrolysis) is 1. The molecule has 2 aromatic carbocycles. The van der Waals surface area contributed by atoms with Gasteiger partial charge < -0.3 is 20.3 Å². The molecule has 212 valence electrons. The summed E-state index contributed by atoms with van der Waals surface area (Å²) in [7, 11) is 0. The number of halogens is 2. The van der Waals surface area contributed by atoms with Gasteiger partial charge in [0.2, 0.25) is 11.8 Å². The molecule has 0 saturated heterocycles. The number of amides is 3. The Balaban J connectivity index is 1.46. The molecule has 0 unspecified atom stereocenters. The summed E-state index contributed by atoms with van der Waals surface area (Å²) in [6, 6.07) is 11.0. The molecule has 1 heterocycles. The molecule has 1 aliphatic rings. The molecular formula is C28H31ClFN5O5. The zero-order chi connectivity index (χ0) is 29.0. The second-order valence-corrected chi connectivity index (χ2v) is 11.1. The quantitative estimate of drug-likeness (QED) is 0.376. The van der Waals surface area contributed by atoms with Crippen LogP contribution in [-0.4, -0.2) is 63.1 Å². The third-order valence-electron chi connectivity index (χ3n) is 6.50. The third kappa shape index (κ3) is 6.95. The topological polar surface area (TPSA) is 123 Å². The number of carbonyl (C=O) groups excluding carboxylic acids is 4. The number of nitrogens with one attached hydrogen (secondary N) is 2. The Morgan fingerprint density at radius 2 is 1.90 bits per heavy atom. The molecule has 10 nitrogen and oxygen atoms in total. The predicted molar refractivity (Wildman–Crippen MR) is 146 cm³/mol. The molecule has 1 fully saturated rings. The van der Waals surface area contributed by atoms with Gasteiger partial charge in [-0.05, 0) is 45.7 Å². The van der Waals surface area contributed by atoms with E-state index in [-0.39, 0.29) is 48.0 Å². The lowest BCUT2D eigenvalue weighted by atomic mass is 9.85. The molecule has 0 atom stereocenters. The first kappa shape index (κ1) is 29.0. The van der Waals surface area contributed by atoms with E-state index in [2.05, 4.69) is 15.7 Å². The number of aldehydes is 1. The second-order valence-electron chi connectivity index (χ2n) is 10.7. The van der Waals surface area contributed by atoms with Gasteiger partial charge in [0.15, 0.2) is 6.29 Å². The average Bonchev–Trinajstić information content (AvgIpc) is 3.22. The number of nitrogens with zero attached hydrogens (tertiary/aromatic N) is 3. The first-order chi connectivity index (χ1) is 18.9. The van der Waals surface area contributed by atoms with Crippen molar-refractivity contribution in [3.8, 4) is 0 Å². The van der Waals surface area contributed by atoms with Crippen molar-refractivity contribution in [1.29, 1.82) is 0 Å². The fourth-order valence-corrected chi connectivity index (χ4v) is 4.72. The van der Waals surface area contributed by atoms with Gasteiger partial charge in [-0.1, -0.05) is 41.9 Å². The normalized spacial score (nSPS) is 16.6. The highest BCUT2D eigenvalue weighted by Crippen LogP contribution is 2.27. The standard InChI is InChI=1S/C28H31ClFN5O5/c1-28(2,3)40-27(39)32-18-11-19(12-18)34(14-24(37)31-13-17-7-6-9-21(29)26(17)30)25(38)15-35-23-10-5-4-8-20(23)22(16-36)33-35/h4-10,16,18-19H,11-15H2,1-3H3,(H,31,37)(H,32,39)/t18-,19+. The SMILES string of the molecule is CC(C)(C)OC(=O)N[C@H]1C[C@@H](N(CC(=O)NCc2cccc(Cl)c2F)C(=O)Cn2nc(C=O)c3ccccc32)C1. The molecule has 1 aromatic heterocycles. The zero-order valence-electron chi connectivity index (χ0n) is 22.4. The first-order valence-electron chi connectivity index (χ1n) is 12.8. The number of hydrogen-bond donors (Lipinski definition) is 2. The van der Waals surface area contributed by atoms with E-state index < -0.39 is 29.3 Å². The number of carbonyl (C=O) groups is 4. The van der Waals surface area contributed by atoms with Crippen LogP contribution in [0.1, 0.15) is 49.7 Å². The molecule has 0 aliphatic heterocycles. The van der Waals surface area contributed by atoms with E-state index in [1.165, 1.54) is 21.7 Å². The highest BCUT2D eigenvalue weighted by Gasteiger charge is 2.38. The summed E-state index contributed by atoms with van der Waals surface area (Å²) >= 11 is 5.83. The van der Waals surface area contributed by atoms with E-state index in [9.17, 15) is 23.6 Å². The predicted octanol–water partition coefficient (Wildman–Crippen LogP) is 3.84. The summed E-state index contributed by atoms with van der Waals surface area (Å²) in [6.45, 7) is 4.70. The number of aromatic nitrogens is 2. The Kier molecular flexibility index (Phi) is 8.73. The fourth-order valence-electron chi connectivity index (χ4n) is 4.52. The maximum atomic E-state index is 14.3. The Hall–Kier alpha value is -3.99. The van der Waals surface area contributed by atoms with Crippen LogP contribution in [0.25, 0.3) is 10.9 Å². The molecule has 1 aliphatic carbocycles. The van der Waals surface area contributed by atoms with Crippen molar-refractivity contribution in [3.63, 3.8) is 0 Å². The molecule has 0 bridgehead atoms. The van der Waals surface area contributed by atoms with Crippen LogP contribution in [0, 0.1) is 5.82 Å². The Labute approximate surface area is 235 Å². The van der Waals surface area contributed by atoms with Crippen LogP contribution >= 0.6 is 11.6 Å². The van der Waals surface area contributed by atoms with Gasteiger partial charge in [-0.15, -0.1) is 0 Å². The van der Waals surface area contributed by atoms with Crippen molar-refractivity contribution in [1.82, 2.24) is 25.3 Å². The van der Waals surface area contributed by atoms with Gasteiger partial charge >= 0.3 is 6.09 Å². The molecule has 3 amide bonds. The minimum Gasteiger partial charge on any atom is -0.444 e. The van der Waals surface area contributed by atoms with Crippen molar-refractivity contribution in [2.75, 3.05) is 6.54 Å². The smallest absolute Gasteiger partial charge is 0.407 e. The lowest BCUT2D eigenvalue weighted by molar-refractivity contribution is -0.141. The van der Waals surface area contributed by atoms with Crippen molar-refractivity contribution >= 4 is 46.7 Å². The Morgan fingerprint density at radius 3 is 2.60 bits per heavy atom. The van der Waals surface area contributed by atoms with E-state index in [4.69, 9.17) is 16.3 Å². The van der Waals surface area contributed by atoms with E-state index >= 15 is 0 Å². The van der Waals surface area contributed by atoms with Crippen molar-refractivity contribution < 1.29 is 28.3 Å². The molecule has 0 spiro atoms. The molecule has 1 saturated carbocycles. The summed E-state index contributed by atoms with van der Waals surface area (Å²) in [6.07, 6.45) is 0.906. The fraction of sp³-hybridized carbons (Fsp3) is 0.393. The summed E-state index contributed by atoms with van der Waals surface area (Å²) in [5, 5.41) is 10.3. The van der Waals surface area contributed by atoms with Crippen LogP contribution in [-0.2, 0) is 27.4 Å². The molecule has 0 radical (unpaired) electrons. The zero-order valence-corrected chi connectivity index (χ0v) is 23.2. The van der Waals surface area contributed by atoms with Crippen LogP contribution in [0.2, 0.25) is 5.02 Å². The van der Waals surface area contributed by atoms with Gasteiger partial charge in [0, 0.05) is 29.6 Å². The van der Waals surface area contributed by atoms with Crippen LogP contribution in [0.3, 0.4) is 0 Å². The van der Waals surface area contributed by atoms with Gasteiger partial charge in [0.05, 0.1) is 17.1 Å². The van der Waals surface area contributed by atoms with Gasteiger partial charge in [-0.2, -0.15) is 5.10 Å². The van der Waals surface area contributed by atoms with Gasteiger partial charge in [0.1, 0.15) is 23.7 Å². The van der Waals surface area contributed by atoms with Gasteiger partial charge in [-0.25, -0.2) is 9.18 Å². The lowest BCUT2D eigenvalue weighted by Gasteiger charge is -2.42. The largest absolute Gasteiger partial charge is 0.444 e.